The van der Waals surface area contributed by atoms with E-state index in [1.165, 1.54) is 62.2 Å². The summed E-state index contributed by atoms with van der Waals surface area (Å²) in [5, 5.41) is 12.5. The zero-order chi connectivity index (χ0) is 33.1. The summed E-state index contributed by atoms with van der Waals surface area (Å²) in [7, 11) is 0. The highest BCUT2D eigenvalue weighted by Crippen LogP contribution is 2.62. The lowest BCUT2D eigenvalue weighted by Crippen LogP contribution is -2.50. The number of alkyl halides is 1. The molecule has 0 bridgehead atoms. The van der Waals surface area contributed by atoms with E-state index in [-0.39, 0.29) is 23.5 Å². The Morgan fingerprint density at radius 2 is 1.94 bits per heavy atom. The summed E-state index contributed by atoms with van der Waals surface area (Å²) in [6.07, 6.45) is 11.8. The summed E-state index contributed by atoms with van der Waals surface area (Å²) < 4.78 is 16.2. The number of nitrogens with zero attached hydrogens (tertiary/aromatic N) is 1. The van der Waals surface area contributed by atoms with Gasteiger partial charge in [-0.3, -0.25) is 4.79 Å². The van der Waals surface area contributed by atoms with Crippen LogP contribution in [0.4, 0.5) is 4.39 Å². The molecule has 0 radical (unpaired) electrons. The van der Waals surface area contributed by atoms with E-state index in [1.807, 2.05) is 23.5 Å². The van der Waals surface area contributed by atoms with E-state index in [0.29, 0.717) is 30.6 Å². The number of ketones is 1. The van der Waals surface area contributed by atoms with Gasteiger partial charge in [0, 0.05) is 34.4 Å². The summed E-state index contributed by atoms with van der Waals surface area (Å²) in [6.45, 7) is 11.8. The molecule has 9 atom stereocenters. The number of carbonyl (C=O) groups is 1. The second-order valence-electron chi connectivity index (χ2n) is 16.4. The Morgan fingerprint density at radius 3 is 2.72 bits per heavy atom. The van der Waals surface area contributed by atoms with E-state index in [0.717, 1.165) is 60.3 Å². The van der Waals surface area contributed by atoms with Crippen LogP contribution in [0, 0.1) is 40.9 Å². The third kappa shape index (κ3) is 7.85. The minimum Gasteiger partial charge on any atom is -0.508 e. The Morgan fingerprint density at radius 1 is 1.11 bits per heavy atom. The maximum atomic E-state index is 16.2. The van der Waals surface area contributed by atoms with Crippen molar-refractivity contribution < 1.29 is 14.3 Å². The van der Waals surface area contributed by atoms with Gasteiger partial charge in [0.25, 0.3) is 0 Å². The lowest BCUT2D eigenvalue weighted by atomic mass is 9.51. The number of unbranched alkanes of at least 4 members (excludes halogenated alkanes) is 2. The number of thiophene rings is 1. The number of phenols is 1. The Labute approximate surface area is 292 Å². The first-order valence-electron chi connectivity index (χ1n) is 19.0. The van der Waals surface area contributed by atoms with E-state index in [1.54, 1.807) is 6.07 Å². The number of hydrogen-bond donors (Lipinski definition) is 1. The minimum absolute atomic E-state index is 0.136. The molecule has 0 spiro atoms. The zero-order valence-corrected chi connectivity index (χ0v) is 31.1. The van der Waals surface area contributed by atoms with Crippen LogP contribution in [-0.4, -0.2) is 46.8 Å². The molecule has 47 heavy (non-hydrogen) atoms. The third-order valence-corrected chi connectivity index (χ3v) is 15.2. The second kappa shape index (κ2) is 15.7. The van der Waals surface area contributed by atoms with Crippen molar-refractivity contribution in [3.05, 3.63) is 51.7 Å². The summed E-state index contributed by atoms with van der Waals surface area (Å²) in [5.41, 5.74) is 1.74. The molecule has 2 aromatic rings. The van der Waals surface area contributed by atoms with Gasteiger partial charge in [0.1, 0.15) is 17.7 Å². The van der Waals surface area contributed by atoms with Crippen molar-refractivity contribution in [2.75, 3.05) is 18.8 Å². The van der Waals surface area contributed by atoms with E-state index >= 15 is 4.39 Å². The molecule has 0 amide bonds. The molecule has 4 aliphatic rings. The van der Waals surface area contributed by atoms with Crippen LogP contribution in [-0.2, 0) is 17.0 Å². The van der Waals surface area contributed by atoms with Crippen molar-refractivity contribution in [2.24, 2.45) is 40.9 Å². The SMILES string of the molecule is CC1CCC(C(C)C)C(N(CCCCC[C@@H]2Cc3cc(O)ccc3[C@@H]3[C@@H]2[C@@H]2CCC(=O)[C@@]2(C)C[C@@H]3F)CCCSCc2cccs2)C1. The summed E-state index contributed by atoms with van der Waals surface area (Å²) >= 11 is 3.96. The van der Waals surface area contributed by atoms with Crippen LogP contribution < -0.4 is 0 Å². The Hall–Kier alpha value is -1.37. The number of Topliss-reactive ketones (excluding diaryl/α,β-unsaturated/α-hetero) is 1. The second-order valence-corrected chi connectivity index (χ2v) is 18.6. The first kappa shape index (κ1) is 35.5. The van der Waals surface area contributed by atoms with Gasteiger partial charge in [-0.2, -0.15) is 11.8 Å². The third-order valence-electron chi connectivity index (χ3n) is 13.1. The Kier molecular flexibility index (Phi) is 11.8. The first-order chi connectivity index (χ1) is 22.7. The monoisotopic (exact) mass is 681 g/mol. The molecule has 3 saturated carbocycles. The van der Waals surface area contributed by atoms with E-state index in [9.17, 15) is 9.90 Å². The first-order valence-corrected chi connectivity index (χ1v) is 21.0. The molecule has 6 rings (SSSR count). The van der Waals surface area contributed by atoms with Crippen LogP contribution in [0.3, 0.4) is 0 Å². The molecule has 1 N–H and O–H groups in total. The highest BCUT2D eigenvalue weighted by atomic mass is 32.2. The molecule has 3 nitrogen and oxygen atoms in total. The average Bonchev–Trinajstić information content (AvgIpc) is 3.66. The maximum absolute atomic E-state index is 16.2. The number of fused-ring (bicyclic) bond motifs is 5. The lowest BCUT2D eigenvalue weighted by molar-refractivity contribution is -0.132. The molecule has 0 saturated heterocycles. The van der Waals surface area contributed by atoms with Gasteiger partial charge < -0.3 is 10.0 Å². The van der Waals surface area contributed by atoms with Gasteiger partial charge in [-0.1, -0.05) is 59.1 Å². The van der Waals surface area contributed by atoms with Crippen molar-refractivity contribution >= 4 is 28.9 Å². The van der Waals surface area contributed by atoms with Gasteiger partial charge in [-0.25, -0.2) is 4.39 Å². The van der Waals surface area contributed by atoms with Crippen LogP contribution in [0.25, 0.3) is 0 Å². The van der Waals surface area contributed by atoms with E-state index in [4.69, 9.17) is 0 Å². The number of phenolic OH excluding ortho intramolecular Hbond substituents is 1. The predicted molar refractivity (Wildman–Crippen MR) is 197 cm³/mol. The van der Waals surface area contributed by atoms with Crippen molar-refractivity contribution in [3.63, 3.8) is 0 Å². The van der Waals surface area contributed by atoms with E-state index in [2.05, 4.69) is 61.9 Å². The lowest BCUT2D eigenvalue weighted by Gasteiger charge is -2.53. The molecule has 1 aromatic carbocycles. The van der Waals surface area contributed by atoms with Crippen molar-refractivity contribution in [1.29, 1.82) is 0 Å². The van der Waals surface area contributed by atoms with Crippen molar-refractivity contribution in [2.45, 2.75) is 129 Å². The molecule has 3 fully saturated rings. The standard InChI is InChI=1S/C41H60FNO2S2/c1-27(2)33-14-12-28(3)22-37(33)43(19-9-20-46-26-32-11-8-21-47-32)18-7-5-6-10-29-23-30-24-31(44)13-15-34(30)40-36(42)25-41(4)35(39(29)40)16-17-38(41)45/h8,11,13,15,21,24,27-29,33,35-37,39-40,44H,5-7,9-10,12,14,16-20,22-23,25-26H2,1-4H3/t28?,29-,33?,35+,36+,37?,39+,40+,41+/m1/s1. The van der Waals surface area contributed by atoms with Crippen LogP contribution in [0.15, 0.2) is 35.7 Å². The molecular weight excluding hydrogens is 622 g/mol. The fourth-order valence-electron chi connectivity index (χ4n) is 10.7. The van der Waals surface area contributed by atoms with Gasteiger partial charge >= 0.3 is 0 Å². The normalized spacial score (nSPS) is 33.6. The van der Waals surface area contributed by atoms with Gasteiger partial charge in [-0.15, -0.1) is 11.3 Å². The minimum atomic E-state index is -0.988. The number of carbonyl (C=O) groups excluding carboxylic acids is 1. The maximum Gasteiger partial charge on any atom is 0.139 e. The highest BCUT2D eigenvalue weighted by Gasteiger charge is 2.60. The molecule has 1 aromatic heterocycles. The van der Waals surface area contributed by atoms with Gasteiger partial charge in [0.2, 0.25) is 0 Å². The molecule has 260 valence electrons. The number of benzene rings is 1. The quantitative estimate of drug-likeness (QED) is 0.202. The molecule has 1 heterocycles. The van der Waals surface area contributed by atoms with Gasteiger partial charge in [0.05, 0.1) is 0 Å². The highest BCUT2D eigenvalue weighted by molar-refractivity contribution is 7.98. The number of halogens is 1. The van der Waals surface area contributed by atoms with Gasteiger partial charge in [0.15, 0.2) is 0 Å². The van der Waals surface area contributed by atoms with Crippen LogP contribution in [0.2, 0.25) is 0 Å². The van der Waals surface area contributed by atoms with Crippen molar-refractivity contribution in [3.8, 4) is 5.75 Å². The van der Waals surface area contributed by atoms with Crippen molar-refractivity contribution in [1.82, 2.24) is 4.90 Å². The number of hydrogen-bond acceptors (Lipinski definition) is 5. The molecule has 3 unspecified atom stereocenters. The van der Waals surface area contributed by atoms with Crippen LogP contribution in [0.5, 0.6) is 5.75 Å². The van der Waals surface area contributed by atoms with Crippen LogP contribution in [0.1, 0.15) is 120 Å². The van der Waals surface area contributed by atoms with E-state index < -0.39 is 11.6 Å². The zero-order valence-electron chi connectivity index (χ0n) is 29.5. The predicted octanol–water partition coefficient (Wildman–Crippen LogP) is 10.7. The Balaban J connectivity index is 1.08. The summed E-state index contributed by atoms with van der Waals surface area (Å²) in [6, 6.07) is 10.7. The number of rotatable bonds is 14. The number of thioether (sulfide) groups is 1. The number of aromatic hydroxyl groups is 1. The topological polar surface area (TPSA) is 40.5 Å². The molecular formula is C41H60FNO2S2. The Bertz CT molecular complexity index is 1310. The van der Waals surface area contributed by atoms with Crippen LogP contribution >= 0.6 is 23.1 Å². The fraction of sp³-hybridized carbons (Fsp3) is 0.732. The smallest absolute Gasteiger partial charge is 0.139 e. The molecule has 4 aliphatic carbocycles. The summed E-state index contributed by atoms with van der Waals surface area (Å²) in [5.74, 6) is 6.04. The fourth-order valence-corrected chi connectivity index (χ4v) is 12.5. The molecule has 0 aliphatic heterocycles. The average molecular weight is 682 g/mol. The molecule has 6 heteroatoms. The summed E-state index contributed by atoms with van der Waals surface area (Å²) in [4.78, 5) is 17.5. The van der Waals surface area contributed by atoms with Gasteiger partial charge in [-0.05, 0) is 140 Å². The largest absolute Gasteiger partial charge is 0.508 e.